The zero-order chi connectivity index (χ0) is 17.5. The lowest BCUT2D eigenvalue weighted by Gasteiger charge is -2.05. The quantitative estimate of drug-likeness (QED) is 0.467. The van der Waals surface area contributed by atoms with Gasteiger partial charge in [0.05, 0.1) is 18.2 Å². The third-order valence-corrected chi connectivity index (χ3v) is 4.36. The van der Waals surface area contributed by atoms with Crippen LogP contribution >= 0.6 is 11.8 Å². The van der Waals surface area contributed by atoms with Crippen LogP contribution in [0.15, 0.2) is 41.6 Å². The number of nitrogens with zero attached hydrogens (tertiary/aromatic N) is 1. The summed E-state index contributed by atoms with van der Waals surface area (Å²) in [5.74, 6) is 7.28. The van der Waals surface area contributed by atoms with Crippen LogP contribution in [0.3, 0.4) is 0 Å². The summed E-state index contributed by atoms with van der Waals surface area (Å²) in [6, 6.07) is 9.98. The number of ether oxygens (including phenoxy) is 1. The topological polar surface area (TPSA) is 39.2 Å². The molecule has 124 valence electrons. The van der Waals surface area contributed by atoms with Gasteiger partial charge in [0.15, 0.2) is 0 Å². The van der Waals surface area contributed by atoms with Gasteiger partial charge in [0.25, 0.3) is 0 Å². The van der Waals surface area contributed by atoms with Gasteiger partial charge in [-0.25, -0.2) is 9.78 Å². The van der Waals surface area contributed by atoms with Gasteiger partial charge in [-0.05, 0) is 35.4 Å². The first-order valence-corrected chi connectivity index (χ1v) is 8.86. The number of hydrogen-bond acceptors (Lipinski definition) is 4. The minimum atomic E-state index is -0.403. The van der Waals surface area contributed by atoms with Gasteiger partial charge in [-0.3, -0.25) is 0 Å². The minimum Gasteiger partial charge on any atom is -0.465 e. The summed E-state index contributed by atoms with van der Waals surface area (Å²) < 4.78 is 4.76. The van der Waals surface area contributed by atoms with Crippen molar-refractivity contribution >= 4 is 17.7 Å². The van der Waals surface area contributed by atoms with E-state index in [4.69, 9.17) is 4.74 Å². The van der Waals surface area contributed by atoms with Crippen LogP contribution in [-0.2, 0) is 4.74 Å². The molecule has 24 heavy (non-hydrogen) atoms. The SMILES string of the molecule is CCSc1ncc(C(=O)OC)cc1C#Cc1ccc(C(C)C)cc1. The first kappa shape index (κ1) is 18.1. The molecule has 0 radical (unpaired) electrons. The van der Waals surface area contributed by atoms with Crippen molar-refractivity contribution < 1.29 is 9.53 Å². The molecule has 0 saturated heterocycles. The van der Waals surface area contributed by atoms with E-state index >= 15 is 0 Å². The molecular weight excluding hydrogens is 318 g/mol. The first-order chi connectivity index (χ1) is 11.5. The highest BCUT2D eigenvalue weighted by Crippen LogP contribution is 2.21. The Labute approximate surface area is 147 Å². The summed E-state index contributed by atoms with van der Waals surface area (Å²) >= 11 is 1.61. The van der Waals surface area contributed by atoms with Gasteiger partial charge < -0.3 is 4.74 Å². The van der Waals surface area contributed by atoms with Gasteiger partial charge in [0, 0.05) is 11.8 Å². The van der Waals surface area contributed by atoms with E-state index in [1.807, 2.05) is 12.1 Å². The van der Waals surface area contributed by atoms with Crippen molar-refractivity contribution in [2.24, 2.45) is 0 Å². The summed E-state index contributed by atoms with van der Waals surface area (Å²) in [4.78, 5) is 16.0. The number of pyridine rings is 1. The summed E-state index contributed by atoms with van der Waals surface area (Å²) in [6.07, 6.45) is 1.53. The van der Waals surface area contributed by atoms with Crippen molar-refractivity contribution in [1.29, 1.82) is 0 Å². The average molecular weight is 339 g/mol. The Morgan fingerprint density at radius 1 is 1.25 bits per heavy atom. The number of methoxy groups -OCH3 is 1. The van der Waals surface area contributed by atoms with E-state index in [9.17, 15) is 4.79 Å². The lowest BCUT2D eigenvalue weighted by molar-refractivity contribution is 0.0600. The Hall–Kier alpha value is -2.25. The minimum absolute atomic E-state index is 0.403. The number of carbonyl (C=O) groups is 1. The smallest absolute Gasteiger partial charge is 0.339 e. The normalized spacial score (nSPS) is 10.2. The van der Waals surface area contributed by atoms with Crippen LogP contribution in [-0.4, -0.2) is 23.8 Å². The molecule has 1 aromatic heterocycles. The molecule has 0 saturated carbocycles. The average Bonchev–Trinajstić information content (AvgIpc) is 2.60. The van der Waals surface area contributed by atoms with Gasteiger partial charge in [-0.15, -0.1) is 11.8 Å². The molecule has 0 unspecified atom stereocenters. The fourth-order valence-corrected chi connectivity index (χ4v) is 2.78. The number of rotatable bonds is 4. The molecule has 2 rings (SSSR count). The molecule has 0 aliphatic rings. The van der Waals surface area contributed by atoms with E-state index in [0.717, 1.165) is 21.9 Å². The van der Waals surface area contributed by atoms with E-state index in [1.165, 1.54) is 18.9 Å². The molecular formula is C20H21NO2S. The Balaban J connectivity index is 2.34. The lowest BCUT2D eigenvalue weighted by atomic mass is 10.0. The second-order valence-electron chi connectivity index (χ2n) is 5.53. The highest BCUT2D eigenvalue weighted by Gasteiger charge is 2.10. The van der Waals surface area contributed by atoms with Gasteiger partial charge in [-0.1, -0.05) is 44.7 Å². The monoisotopic (exact) mass is 339 g/mol. The molecule has 0 atom stereocenters. The first-order valence-electron chi connectivity index (χ1n) is 7.88. The van der Waals surface area contributed by atoms with Gasteiger partial charge >= 0.3 is 5.97 Å². The molecule has 1 aromatic carbocycles. The zero-order valence-corrected chi connectivity index (χ0v) is 15.2. The van der Waals surface area contributed by atoms with E-state index in [2.05, 4.69) is 49.7 Å². The molecule has 0 bridgehead atoms. The molecule has 0 amide bonds. The molecule has 0 spiro atoms. The maximum atomic E-state index is 11.7. The molecule has 3 nitrogen and oxygen atoms in total. The molecule has 0 fully saturated rings. The second kappa shape index (κ2) is 8.56. The Bertz CT molecular complexity index is 770. The molecule has 1 heterocycles. The van der Waals surface area contributed by atoms with E-state index in [1.54, 1.807) is 17.8 Å². The molecule has 0 N–H and O–H groups in total. The summed E-state index contributed by atoms with van der Waals surface area (Å²) in [7, 11) is 1.36. The predicted molar refractivity (Wildman–Crippen MR) is 98.5 cm³/mol. The summed E-state index contributed by atoms with van der Waals surface area (Å²) in [5.41, 5.74) is 3.39. The maximum absolute atomic E-state index is 11.7. The Morgan fingerprint density at radius 3 is 2.54 bits per heavy atom. The van der Waals surface area contributed by atoms with Crippen LogP contribution in [0.25, 0.3) is 0 Å². The second-order valence-corrected chi connectivity index (χ2v) is 6.78. The number of benzene rings is 1. The van der Waals surface area contributed by atoms with E-state index < -0.39 is 5.97 Å². The predicted octanol–water partition coefficient (Wildman–Crippen LogP) is 4.50. The maximum Gasteiger partial charge on any atom is 0.339 e. The molecule has 0 aliphatic carbocycles. The third-order valence-electron chi connectivity index (χ3n) is 3.47. The van der Waals surface area contributed by atoms with Gasteiger partial charge in [0.1, 0.15) is 5.03 Å². The summed E-state index contributed by atoms with van der Waals surface area (Å²) in [5, 5.41) is 0.830. The van der Waals surface area contributed by atoms with Crippen LogP contribution < -0.4 is 0 Å². The highest BCUT2D eigenvalue weighted by molar-refractivity contribution is 7.99. The largest absolute Gasteiger partial charge is 0.465 e. The molecule has 0 aliphatic heterocycles. The number of aromatic nitrogens is 1. The van der Waals surface area contributed by atoms with Crippen molar-refractivity contribution in [3.05, 3.63) is 58.8 Å². The Kier molecular flexibility index (Phi) is 6.45. The third kappa shape index (κ3) is 4.62. The zero-order valence-electron chi connectivity index (χ0n) is 14.4. The number of esters is 1. The van der Waals surface area contributed by atoms with Crippen molar-refractivity contribution in [2.75, 3.05) is 12.9 Å². The van der Waals surface area contributed by atoms with Crippen molar-refractivity contribution in [2.45, 2.75) is 31.7 Å². The standard InChI is InChI=1S/C20H21NO2S/c1-5-24-19-17(12-18(13-21-19)20(22)23-4)11-8-15-6-9-16(10-7-15)14(2)3/h6-7,9-10,12-14H,5H2,1-4H3. The molecule has 4 heteroatoms. The fourth-order valence-electron chi connectivity index (χ4n) is 2.11. The van der Waals surface area contributed by atoms with E-state index in [-0.39, 0.29) is 0 Å². The van der Waals surface area contributed by atoms with Gasteiger partial charge in [-0.2, -0.15) is 0 Å². The van der Waals surface area contributed by atoms with Crippen LogP contribution in [0, 0.1) is 11.8 Å². The van der Waals surface area contributed by atoms with Gasteiger partial charge in [0.2, 0.25) is 0 Å². The fraction of sp³-hybridized carbons (Fsp3) is 0.300. The number of thioether (sulfide) groups is 1. The van der Waals surface area contributed by atoms with Crippen LogP contribution in [0.5, 0.6) is 0 Å². The number of hydrogen-bond donors (Lipinski definition) is 0. The number of carbonyl (C=O) groups excluding carboxylic acids is 1. The van der Waals surface area contributed by atoms with E-state index in [0.29, 0.717) is 11.5 Å². The lowest BCUT2D eigenvalue weighted by Crippen LogP contribution is -2.03. The summed E-state index contributed by atoms with van der Waals surface area (Å²) in [6.45, 7) is 6.39. The van der Waals surface area contributed by atoms with Crippen molar-refractivity contribution in [1.82, 2.24) is 4.98 Å². The van der Waals surface area contributed by atoms with Crippen molar-refractivity contribution in [3.63, 3.8) is 0 Å². The molecule has 2 aromatic rings. The van der Waals surface area contributed by atoms with Crippen LogP contribution in [0.1, 0.15) is 53.7 Å². The Morgan fingerprint density at radius 2 is 1.96 bits per heavy atom. The van der Waals surface area contributed by atoms with Crippen LogP contribution in [0.4, 0.5) is 0 Å². The van der Waals surface area contributed by atoms with Crippen molar-refractivity contribution in [3.8, 4) is 11.8 Å². The van der Waals surface area contributed by atoms with Crippen LogP contribution in [0.2, 0.25) is 0 Å². The highest BCUT2D eigenvalue weighted by atomic mass is 32.2.